The topological polar surface area (TPSA) is 55.4 Å². The molecule has 0 spiro atoms. The maximum absolute atomic E-state index is 11.8. The Balaban J connectivity index is 3.44. The van der Waals surface area contributed by atoms with Crippen molar-refractivity contribution in [2.75, 3.05) is 6.54 Å². The maximum Gasteiger partial charge on any atom is 0.293 e. The highest BCUT2D eigenvalue weighted by Gasteiger charge is 2.17. The van der Waals surface area contributed by atoms with Crippen LogP contribution in [0.3, 0.4) is 0 Å². The summed E-state index contributed by atoms with van der Waals surface area (Å²) in [6.45, 7) is 5.24. The first-order valence-electron chi connectivity index (χ1n) is 8.63. The van der Waals surface area contributed by atoms with E-state index in [-0.39, 0.29) is 5.91 Å². The van der Waals surface area contributed by atoms with Gasteiger partial charge in [0.05, 0.1) is 0 Å². The van der Waals surface area contributed by atoms with Crippen LogP contribution in [0.25, 0.3) is 0 Å². The maximum atomic E-state index is 11.8. The summed E-state index contributed by atoms with van der Waals surface area (Å²) in [4.78, 5) is 22.1. The molecule has 0 saturated heterocycles. The molecule has 0 fully saturated rings. The first-order valence-corrected chi connectivity index (χ1v) is 8.63. The highest BCUT2D eigenvalue weighted by Crippen LogP contribution is 2.09. The second-order valence-corrected chi connectivity index (χ2v) is 5.63. The van der Waals surface area contributed by atoms with Crippen LogP contribution in [-0.4, -0.2) is 25.0 Å². The Hall–Kier alpha value is -1.06. The second kappa shape index (κ2) is 15.3. The summed E-state index contributed by atoms with van der Waals surface area (Å²) >= 11 is 0. The van der Waals surface area contributed by atoms with Gasteiger partial charge in [0.2, 0.25) is 0 Å². The largest absolute Gasteiger partial charge is 0.454 e. The fourth-order valence-electron chi connectivity index (χ4n) is 2.35. The van der Waals surface area contributed by atoms with E-state index in [1.807, 2.05) is 6.92 Å². The van der Waals surface area contributed by atoms with Gasteiger partial charge in [-0.3, -0.25) is 9.59 Å². The Labute approximate surface area is 130 Å². The minimum absolute atomic E-state index is 0.163. The van der Waals surface area contributed by atoms with Crippen LogP contribution in [0.2, 0.25) is 0 Å². The molecule has 0 rings (SSSR count). The summed E-state index contributed by atoms with van der Waals surface area (Å²) in [6, 6.07) is 0. The van der Waals surface area contributed by atoms with E-state index in [0.717, 1.165) is 19.3 Å². The molecule has 0 saturated carbocycles. The van der Waals surface area contributed by atoms with Gasteiger partial charge in [-0.05, 0) is 12.8 Å². The van der Waals surface area contributed by atoms with E-state index >= 15 is 0 Å². The summed E-state index contributed by atoms with van der Waals surface area (Å²) in [5, 5.41) is 2.85. The Morgan fingerprint density at radius 3 is 2.05 bits per heavy atom. The lowest BCUT2D eigenvalue weighted by Gasteiger charge is -2.14. The van der Waals surface area contributed by atoms with Gasteiger partial charge < -0.3 is 10.1 Å². The average molecular weight is 299 g/mol. The van der Waals surface area contributed by atoms with Gasteiger partial charge in [-0.2, -0.15) is 0 Å². The molecule has 1 atom stereocenters. The van der Waals surface area contributed by atoms with E-state index in [4.69, 9.17) is 4.74 Å². The summed E-state index contributed by atoms with van der Waals surface area (Å²) in [5.41, 5.74) is 0. The quantitative estimate of drug-likeness (QED) is 0.367. The Morgan fingerprint density at radius 2 is 1.52 bits per heavy atom. The van der Waals surface area contributed by atoms with Gasteiger partial charge >= 0.3 is 0 Å². The molecule has 4 heteroatoms. The first kappa shape index (κ1) is 19.9. The number of carbonyl (C=O) groups excluding carboxylic acids is 2. The van der Waals surface area contributed by atoms with Crippen molar-refractivity contribution in [2.45, 2.75) is 90.6 Å². The smallest absolute Gasteiger partial charge is 0.293 e. The van der Waals surface area contributed by atoms with Crippen molar-refractivity contribution >= 4 is 12.4 Å². The van der Waals surface area contributed by atoms with Gasteiger partial charge in [0.1, 0.15) is 0 Å². The predicted octanol–water partition coefficient (Wildman–Crippen LogP) is 3.98. The van der Waals surface area contributed by atoms with Gasteiger partial charge in [-0.25, -0.2) is 0 Å². The van der Waals surface area contributed by atoms with Crippen LogP contribution in [0.4, 0.5) is 0 Å². The lowest BCUT2D eigenvalue weighted by Crippen LogP contribution is -2.36. The molecule has 0 aromatic rings. The van der Waals surface area contributed by atoms with Crippen LogP contribution in [0.5, 0.6) is 0 Å². The first-order chi connectivity index (χ1) is 10.3. The molecule has 0 aliphatic rings. The van der Waals surface area contributed by atoms with Crippen LogP contribution < -0.4 is 5.32 Å². The van der Waals surface area contributed by atoms with Gasteiger partial charge in [-0.15, -0.1) is 0 Å². The van der Waals surface area contributed by atoms with Crippen LogP contribution in [0, 0.1) is 0 Å². The van der Waals surface area contributed by atoms with E-state index in [2.05, 4.69) is 12.2 Å². The standard InChI is InChI=1S/C17H33NO3/c1-3-5-6-7-8-9-10-11-12-14-18-17(20)16(13-4-2)21-15-19/h15-16H,3-14H2,1-2H3,(H,18,20). The van der Waals surface area contributed by atoms with E-state index in [1.165, 1.54) is 44.9 Å². The second-order valence-electron chi connectivity index (χ2n) is 5.63. The number of hydrogen-bond acceptors (Lipinski definition) is 3. The highest BCUT2D eigenvalue weighted by atomic mass is 16.5. The Morgan fingerprint density at radius 1 is 0.952 bits per heavy atom. The molecule has 124 valence electrons. The zero-order valence-corrected chi connectivity index (χ0v) is 13.9. The zero-order chi connectivity index (χ0) is 15.8. The fraction of sp³-hybridized carbons (Fsp3) is 0.882. The highest BCUT2D eigenvalue weighted by molar-refractivity contribution is 5.81. The van der Waals surface area contributed by atoms with Crippen molar-refractivity contribution in [1.29, 1.82) is 0 Å². The lowest BCUT2D eigenvalue weighted by atomic mass is 10.1. The van der Waals surface area contributed by atoms with Crippen molar-refractivity contribution in [1.82, 2.24) is 5.32 Å². The molecule has 1 amide bonds. The van der Waals surface area contributed by atoms with Crippen LogP contribution in [0.15, 0.2) is 0 Å². The number of amides is 1. The van der Waals surface area contributed by atoms with E-state index in [1.54, 1.807) is 0 Å². The number of rotatable bonds is 15. The number of nitrogens with one attached hydrogen (secondary N) is 1. The van der Waals surface area contributed by atoms with Crippen molar-refractivity contribution in [2.24, 2.45) is 0 Å². The van der Waals surface area contributed by atoms with E-state index in [9.17, 15) is 9.59 Å². The number of ether oxygens (including phenoxy) is 1. The lowest BCUT2D eigenvalue weighted by molar-refractivity contribution is -0.145. The molecular formula is C17H33NO3. The summed E-state index contributed by atoms with van der Waals surface area (Å²) in [5.74, 6) is -0.163. The molecule has 0 heterocycles. The fourth-order valence-corrected chi connectivity index (χ4v) is 2.35. The number of carbonyl (C=O) groups is 2. The Bertz CT molecular complexity index is 256. The molecule has 1 N–H and O–H groups in total. The van der Waals surface area contributed by atoms with E-state index in [0.29, 0.717) is 19.4 Å². The minimum atomic E-state index is -0.619. The predicted molar refractivity (Wildman–Crippen MR) is 86.1 cm³/mol. The molecule has 21 heavy (non-hydrogen) atoms. The minimum Gasteiger partial charge on any atom is -0.454 e. The monoisotopic (exact) mass is 299 g/mol. The molecule has 4 nitrogen and oxygen atoms in total. The molecule has 1 unspecified atom stereocenters. The van der Waals surface area contributed by atoms with E-state index < -0.39 is 6.10 Å². The van der Waals surface area contributed by atoms with Gasteiger partial charge in [0, 0.05) is 6.54 Å². The van der Waals surface area contributed by atoms with Gasteiger partial charge in [0.25, 0.3) is 12.4 Å². The third-order valence-corrected chi connectivity index (χ3v) is 3.64. The molecule has 0 aliphatic heterocycles. The number of unbranched alkanes of at least 4 members (excludes halogenated alkanes) is 8. The van der Waals surface area contributed by atoms with Crippen LogP contribution in [0.1, 0.15) is 84.5 Å². The molecule has 0 aliphatic carbocycles. The average Bonchev–Trinajstić information content (AvgIpc) is 2.48. The van der Waals surface area contributed by atoms with Crippen LogP contribution >= 0.6 is 0 Å². The van der Waals surface area contributed by atoms with Crippen molar-refractivity contribution in [3.8, 4) is 0 Å². The SMILES string of the molecule is CCCCCCCCCCCNC(=O)C(CCC)OC=O. The molecule has 0 bridgehead atoms. The normalized spacial score (nSPS) is 11.9. The third-order valence-electron chi connectivity index (χ3n) is 3.64. The molecular weight excluding hydrogens is 266 g/mol. The molecule has 0 aromatic carbocycles. The summed E-state index contributed by atoms with van der Waals surface area (Å²) in [7, 11) is 0. The van der Waals surface area contributed by atoms with Gasteiger partial charge in [0.15, 0.2) is 6.10 Å². The summed E-state index contributed by atoms with van der Waals surface area (Å²) < 4.78 is 4.79. The van der Waals surface area contributed by atoms with Crippen molar-refractivity contribution in [3.05, 3.63) is 0 Å². The summed E-state index contributed by atoms with van der Waals surface area (Å²) in [6.07, 6.45) is 12.2. The van der Waals surface area contributed by atoms with Crippen LogP contribution in [-0.2, 0) is 14.3 Å². The number of hydrogen-bond donors (Lipinski definition) is 1. The molecule has 0 radical (unpaired) electrons. The Kier molecular flexibility index (Phi) is 14.6. The third kappa shape index (κ3) is 12.4. The van der Waals surface area contributed by atoms with Crippen molar-refractivity contribution < 1.29 is 14.3 Å². The molecule has 0 aromatic heterocycles. The van der Waals surface area contributed by atoms with Crippen molar-refractivity contribution in [3.63, 3.8) is 0 Å². The van der Waals surface area contributed by atoms with Gasteiger partial charge in [-0.1, -0.05) is 71.6 Å². The zero-order valence-electron chi connectivity index (χ0n) is 13.9.